The second-order valence-corrected chi connectivity index (χ2v) is 11.7. The molecule has 3 fully saturated rings. The molecule has 0 radical (unpaired) electrons. The van der Waals surface area contributed by atoms with E-state index in [0.717, 1.165) is 18.3 Å². The van der Waals surface area contributed by atoms with Crippen LogP contribution in [0.5, 0.6) is 0 Å². The molecule has 6 nitrogen and oxygen atoms in total. The number of nitrogens with zero attached hydrogens (tertiary/aromatic N) is 1. The molecule has 194 valence electrons. The highest BCUT2D eigenvalue weighted by atomic mass is 16.3. The molecule has 5 aliphatic rings. The van der Waals surface area contributed by atoms with Crippen LogP contribution in [0, 0.1) is 47.3 Å². The van der Waals surface area contributed by atoms with Crippen LogP contribution in [0.4, 0.5) is 0 Å². The molecule has 9 atom stereocenters. The highest BCUT2D eigenvalue weighted by molar-refractivity contribution is 6.26. The number of fused-ring (bicyclic) bond motifs is 7. The molecule has 2 aliphatic heterocycles. The number of allylic oxidation sites excluding steroid dienone is 5. The average molecular weight is 493 g/mol. The summed E-state index contributed by atoms with van der Waals surface area (Å²) in [6.45, 7) is 5.17. The molecule has 5 rings (SSSR count). The maximum Gasteiger partial charge on any atom is 0.261 e. The minimum absolute atomic E-state index is 0.0185. The van der Waals surface area contributed by atoms with Crippen LogP contribution in [0.1, 0.15) is 52.4 Å². The van der Waals surface area contributed by atoms with E-state index in [1.807, 2.05) is 12.2 Å². The zero-order chi connectivity index (χ0) is 25.6. The molecular formula is C30H40N2O4. The van der Waals surface area contributed by atoms with Gasteiger partial charge in [0.1, 0.15) is 11.3 Å². The van der Waals surface area contributed by atoms with E-state index in [1.165, 1.54) is 17.7 Å². The van der Waals surface area contributed by atoms with E-state index in [1.54, 1.807) is 13.1 Å². The first-order chi connectivity index (χ1) is 17.3. The van der Waals surface area contributed by atoms with Gasteiger partial charge in [0.05, 0.1) is 6.04 Å². The van der Waals surface area contributed by atoms with Gasteiger partial charge in [-0.15, -0.1) is 0 Å². The van der Waals surface area contributed by atoms with Crippen LogP contribution in [0.2, 0.25) is 0 Å². The number of carbonyl (C=O) groups is 3. The number of amides is 2. The molecule has 0 aromatic rings. The average Bonchev–Trinajstić information content (AvgIpc) is 3.44. The lowest BCUT2D eigenvalue weighted by molar-refractivity contribution is -0.125. The van der Waals surface area contributed by atoms with Gasteiger partial charge < -0.3 is 15.3 Å². The highest BCUT2D eigenvalue weighted by Crippen LogP contribution is 2.58. The second-order valence-electron chi connectivity index (χ2n) is 11.7. The van der Waals surface area contributed by atoms with Crippen LogP contribution in [0.3, 0.4) is 0 Å². The third kappa shape index (κ3) is 4.26. The molecule has 0 aromatic carbocycles. The lowest BCUT2D eigenvalue weighted by Crippen LogP contribution is -2.33. The summed E-state index contributed by atoms with van der Waals surface area (Å²) in [6.07, 6.45) is 17.6. The fourth-order valence-corrected chi connectivity index (χ4v) is 8.10. The van der Waals surface area contributed by atoms with Crippen molar-refractivity contribution in [2.75, 3.05) is 13.6 Å². The number of Topliss-reactive ketones (excluding diaryl/α,β-unsaturated/α-hetero) is 1. The Hall–Kier alpha value is -2.63. The molecular weight excluding hydrogens is 452 g/mol. The van der Waals surface area contributed by atoms with Gasteiger partial charge in [0.25, 0.3) is 5.91 Å². The third-order valence-electron chi connectivity index (χ3n) is 9.86. The predicted octanol–water partition coefficient (Wildman–Crippen LogP) is 4.36. The van der Waals surface area contributed by atoms with Crippen molar-refractivity contribution in [1.29, 1.82) is 0 Å². The van der Waals surface area contributed by atoms with Gasteiger partial charge in [-0.05, 0) is 79.1 Å². The quantitative estimate of drug-likeness (QED) is 0.421. The number of nitrogens with one attached hydrogen (secondary N) is 1. The minimum atomic E-state index is -0.590. The van der Waals surface area contributed by atoms with E-state index in [-0.39, 0.29) is 34.9 Å². The molecule has 6 heteroatoms. The topological polar surface area (TPSA) is 86.7 Å². The Morgan fingerprint density at radius 2 is 1.78 bits per heavy atom. The van der Waals surface area contributed by atoms with Crippen molar-refractivity contribution < 1.29 is 19.5 Å². The smallest absolute Gasteiger partial charge is 0.261 e. The summed E-state index contributed by atoms with van der Waals surface area (Å²) >= 11 is 0. The summed E-state index contributed by atoms with van der Waals surface area (Å²) < 4.78 is 0. The van der Waals surface area contributed by atoms with Crippen LogP contribution in [0.25, 0.3) is 0 Å². The molecule has 2 heterocycles. The van der Waals surface area contributed by atoms with Crippen molar-refractivity contribution in [3.63, 3.8) is 0 Å². The summed E-state index contributed by atoms with van der Waals surface area (Å²) in [6, 6.07) is -0.590. The molecule has 0 aromatic heterocycles. The van der Waals surface area contributed by atoms with Crippen LogP contribution in [0.15, 0.2) is 47.8 Å². The van der Waals surface area contributed by atoms with E-state index in [0.29, 0.717) is 49.5 Å². The van der Waals surface area contributed by atoms with Crippen molar-refractivity contribution in [2.24, 2.45) is 47.3 Å². The van der Waals surface area contributed by atoms with Gasteiger partial charge in [-0.3, -0.25) is 14.4 Å². The first-order valence-electron chi connectivity index (χ1n) is 13.9. The Labute approximate surface area is 214 Å². The van der Waals surface area contributed by atoms with Gasteiger partial charge in [-0.25, -0.2) is 0 Å². The van der Waals surface area contributed by atoms with Gasteiger partial charge in [-0.2, -0.15) is 0 Å². The predicted molar refractivity (Wildman–Crippen MR) is 139 cm³/mol. The van der Waals surface area contributed by atoms with E-state index >= 15 is 0 Å². The molecule has 2 bridgehead atoms. The summed E-state index contributed by atoms with van der Waals surface area (Å²) in [5.41, 5.74) is -0.104. The van der Waals surface area contributed by atoms with Gasteiger partial charge in [-0.1, -0.05) is 50.6 Å². The maximum atomic E-state index is 13.0. The lowest BCUT2D eigenvalue weighted by atomic mass is 9.70. The second kappa shape index (κ2) is 10.0. The Bertz CT molecular complexity index is 1040. The van der Waals surface area contributed by atoms with Gasteiger partial charge in [0.15, 0.2) is 5.78 Å². The van der Waals surface area contributed by atoms with E-state index < -0.39 is 11.9 Å². The van der Waals surface area contributed by atoms with E-state index in [9.17, 15) is 19.5 Å². The SMILES string of the molecule is CC[C@H]1[C@@H]2C=C[C@@H]3[C@H]4/C=C/CC(=O)NCCC[C@H]5C(=O)/C(=C(O)\C=C\[C@@H]4C[C@@H]3[C@H]2C[C@H]1C)C(=O)N5C. The fraction of sp³-hybridized carbons (Fsp3) is 0.633. The van der Waals surface area contributed by atoms with Crippen molar-refractivity contribution in [1.82, 2.24) is 10.2 Å². The third-order valence-corrected chi connectivity index (χ3v) is 9.86. The normalized spacial score (nSPS) is 44.7. The van der Waals surface area contributed by atoms with E-state index in [4.69, 9.17) is 0 Å². The number of carbonyl (C=O) groups excluding carboxylic acids is 3. The Kier molecular flexibility index (Phi) is 6.97. The van der Waals surface area contributed by atoms with Crippen molar-refractivity contribution in [3.8, 4) is 0 Å². The van der Waals surface area contributed by atoms with Gasteiger partial charge >= 0.3 is 0 Å². The number of ketones is 1. The molecule has 36 heavy (non-hydrogen) atoms. The van der Waals surface area contributed by atoms with Crippen LogP contribution >= 0.6 is 0 Å². The first-order valence-corrected chi connectivity index (χ1v) is 13.9. The lowest BCUT2D eigenvalue weighted by Gasteiger charge is -2.35. The molecule has 2 N–H and O–H groups in total. The first kappa shape index (κ1) is 25.0. The van der Waals surface area contributed by atoms with E-state index in [2.05, 4.69) is 37.4 Å². The number of hydrogen-bond donors (Lipinski definition) is 2. The minimum Gasteiger partial charge on any atom is -0.507 e. The largest absolute Gasteiger partial charge is 0.507 e. The fourth-order valence-electron chi connectivity index (χ4n) is 8.10. The zero-order valence-corrected chi connectivity index (χ0v) is 21.7. The van der Waals surface area contributed by atoms with Crippen molar-refractivity contribution in [3.05, 3.63) is 47.8 Å². The Morgan fingerprint density at radius 3 is 2.56 bits per heavy atom. The Balaban J connectivity index is 1.47. The molecule has 0 unspecified atom stereocenters. The number of rotatable bonds is 1. The molecule has 0 spiro atoms. The van der Waals surface area contributed by atoms with Crippen molar-refractivity contribution >= 4 is 17.6 Å². The zero-order valence-electron chi connectivity index (χ0n) is 21.7. The molecule has 2 amide bonds. The van der Waals surface area contributed by atoms with Crippen LogP contribution in [-0.2, 0) is 14.4 Å². The summed E-state index contributed by atoms with van der Waals surface area (Å²) in [5.74, 6) is 3.18. The number of likely N-dealkylation sites (tertiary alicyclic amines) is 1. The number of aliphatic hydroxyl groups excluding tert-OH is 1. The summed E-state index contributed by atoms with van der Waals surface area (Å²) in [4.78, 5) is 39.7. The maximum absolute atomic E-state index is 13.0. The molecule has 2 saturated carbocycles. The summed E-state index contributed by atoms with van der Waals surface area (Å²) in [5, 5.41) is 13.8. The standard InChI is InChI=1S/C30H40N2O4/c1-4-19-17(2)15-23-21(19)11-12-22-20-7-5-9-27(34)31-14-6-8-25-29(35)28(30(36)32(25)3)26(33)13-10-18(20)16-24(22)23/h5,7,10-13,17-25,33H,4,6,8-9,14-16H2,1-3H3,(H,31,34)/b7-5+,13-10+,28-26-/t17-,18-,19-,20+,21+,22-,23+,24+,25+/m1/s1. The Morgan fingerprint density at radius 1 is 1.03 bits per heavy atom. The van der Waals surface area contributed by atoms with Crippen LogP contribution < -0.4 is 5.32 Å². The van der Waals surface area contributed by atoms with Crippen LogP contribution in [-0.4, -0.2) is 47.2 Å². The molecule has 1 saturated heterocycles. The van der Waals surface area contributed by atoms with Crippen molar-refractivity contribution in [2.45, 2.75) is 58.4 Å². The highest BCUT2D eigenvalue weighted by Gasteiger charge is 2.51. The monoisotopic (exact) mass is 492 g/mol. The van der Waals surface area contributed by atoms with Gasteiger partial charge in [0.2, 0.25) is 5.91 Å². The number of aliphatic hydroxyl groups is 1. The van der Waals surface area contributed by atoms with Gasteiger partial charge in [0, 0.05) is 20.0 Å². The number of likely N-dealkylation sites (N-methyl/N-ethyl adjacent to an activating group) is 1. The molecule has 3 aliphatic carbocycles. The summed E-state index contributed by atoms with van der Waals surface area (Å²) in [7, 11) is 1.61. The number of hydrogen-bond acceptors (Lipinski definition) is 4.